The Balaban J connectivity index is 1.35. The van der Waals surface area contributed by atoms with Crippen LogP contribution in [0.5, 0.6) is 0 Å². The summed E-state index contributed by atoms with van der Waals surface area (Å²) < 4.78 is 8.20. The van der Waals surface area contributed by atoms with Crippen LogP contribution in [0, 0.1) is 0 Å². The number of hydrogen-bond acceptors (Lipinski definition) is 4. The fourth-order valence-electron chi connectivity index (χ4n) is 3.57. The predicted octanol–water partition coefficient (Wildman–Crippen LogP) is 4.36. The molecule has 0 fully saturated rings. The maximum atomic E-state index is 6.16. The lowest BCUT2D eigenvalue weighted by Crippen LogP contribution is -2.32. The number of nitrogens with zero attached hydrogens (tertiary/aromatic N) is 4. The minimum absolute atomic E-state index is 0.571. The van der Waals surface area contributed by atoms with Gasteiger partial charge in [0.05, 0.1) is 6.54 Å². The Morgan fingerprint density at radius 3 is 2.77 bits per heavy atom. The Hall–Kier alpha value is -2.63. The third kappa shape index (κ3) is 2.79. The van der Waals surface area contributed by atoms with Crippen LogP contribution < -0.4 is 0 Å². The number of rotatable bonds is 3. The summed E-state index contributed by atoms with van der Waals surface area (Å²) in [5.74, 6) is 1.22. The van der Waals surface area contributed by atoms with Gasteiger partial charge in [0.15, 0.2) is 0 Å². The molecule has 0 bridgehead atoms. The first-order valence-electron chi connectivity index (χ1n) is 8.64. The molecule has 130 valence electrons. The van der Waals surface area contributed by atoms with E-state index in [2.05, 4.69) is 31.8 Å². The molecule has 0 aliphatic carbocycles. The molecule has 0 amide bonds. The molecule has 2 aromatic carbocycles. The van der Waals surface area contributed by atoms with E-state index in [0.717, 1.165) is 30.2 Å². The lowest BCUT2D eigenvalue weighted by molar-refractivity contribution is 0.196. The van der Waals surface area contributed by atoms with Gasteiger partial charge in [-0.1, -0.05) is 35.9 Å². The van der Waals surface area contributed by atoms with E-state index in [0.29, 0.717) is 18.3 Å². The Labute approximate surface area is 155 Å². The minimum atomic E-state index is 0.571. The van der Waals surface area contributed by atoms with E-state index in [-0.39, 0.29) is 0 Å². The highest BCUT2D eigenvalue weighted by Gasteiger charge is 2.21. The summed E-state index contributed by atoms with van der Waals surface area (Å²) in [7, 11) is 0. The zero-order valence-corrected chi connectivity index (χ0v) is 14.9. The van der Waals surface area contributed by atoms with Crippen molar-refractivity contribution in [2.45, 2.75) is 19.6 Å². The van der Waals surface area contributed by atoms with E-state index in [9.17, 15) is 0 Å². The molecule has 5 rings (SSSR count). The van der Waals surface area contributed by atoms with Crippen molar-refractivity contribution in [2.75, 3.05) is 6.54 Å². The summed E-state index contributed by atoms with van der Waals surface area (Å²) in [5, 5.41) is 10.4. The van der Waals surface area contributed by atoms with Crippen LogP contribution in [0.2, 0.25) is 5.02 Å². The Morgan fingerprint density at radius 2 is 1.88 bits per heavy atom. The number of halogens is 1. The maximum absolute atomic E-state index is 6.16. The molecule has 0 saturated carbocycles. The van der Waals surface area contributed by atoms with Gasteiger partial charge in [0.2, 0.25) is 11.8 Å². The summed E-state index contributed by atoms with van der Waals surface area (Å²) in [4.78, 5) is 2.33. The van der Waals surface area contributed by atoms with Gasteiger partial charge in [0.25, 0.3) is 0 Å². The summed E-state index contributed by atoms with van der Waals surface area (Å²) in [6.45, 7) is 3.38. The number of fused-ring (bicyclic) bond motifs is 3. The lowest BCUT2D eigenvalue weighted by atomic mass is 10.2. The SMILES string of the molecule is Clc1ccc2cc3n(c2c1)CCN(Cc1nnc(-c2ccccc2)o1)C3. The highest BCUT2D eigenvalue weighted by molar-refractivity contribution is 6.31. The molecule has 2 aromatic heterocycles. The molecular formula is C20H17ClN4O. The lowest BCUT2D eigenvalue weighted by Gasteiger charge is -2.27. The van der Waals surface area contributed by atoms with E-state index in [4.69, 9.17) is 16.0 Å². The number of hydrogen-bond donors (Lipinski definition) is 0. The zero-order valence-electron chi connectivity index (χ0n) is 14.1. The quantitative estimate of drug-likeness (QED) is 0.542. The Morgan fingerprint density at radius 1 is 1.00 bits per heavy atom. The van der Waals surface area contributed by atoms with Crippen LogP contribution in [0.4, 0.5) is 0 Å². The summed E-state index contributed by atoms with van der Waals surface area (Å²) in [6.07, 6.45) is 0. The molecule has 6 heteroatoms. The standard InChI is InChI=1S/C20H17ClN4O/c21-16-7-6-15-10-17-12-24(8-9-25(17)18(15)11-16)13-19-22-23-20(26-19)14-4-2-1-3-5-14/h1-7,10-11H,8-9,12-13H2. The Kier molecular flexibility index (Phi) is 3.76. The fourth-order valence-corrected chi connectivity index (χ4v) is 3.74. The van der Waals surface area contributed by atoms with Gasteiger partial charge in [-0.25, -0.2) is 0 Å². The van der Waals surface area contributed by atoms with Crippen molar-refractivity contribution in [1.82, 2.24) is 19.7 Å². The largest absolute Gasteiger partial charge is 0.419 e. The highest BCUT2D eigenvalue weighted by atomic mass is 35.5. The van der Waals surface area contributed by atoms with Crippen LogP contribution in [-0.4, -0.2) is 26.2 Å². The van der Waals surface area contributed by atoms with Crippen molar-refractivity contribution in [3.63, 3.8) is 0 Å². The third-order valence-electron chi connectivity index (χ3n) is 4.82. The van der Waals surface area contributed by atoms with Gasteiger partial charge in [0.1, 0.15) is 0 Å². The second-order valence-corrected chi connectivity index (χ2v) is 7.00. The van der Waals surface area contributed by atoms with Crippen LogP contribution in [0.1, 0.15) is 11.6 Å². The van der Waals surface area contributed by atoms with Crippen LogP contribution >= 0.6 is 11.6 Å². The molecule has 5 nitrogen and oxygen atoms in total. The first-order chi connectivity index (χ1) is 12.8. The predicted molar refractivity (Wildman–Crippen MR) is 101 cm³/mol. The van der Waals surface area contributed by atoms with E-state index < -0.39 is 0 Å². The summed E-state index contributed by atoms with van der Waals surface area (Å²) >= 11 is 6.16. The monoisotopic (exact) mass is 364 g/mol. The smallest absolute Gasteiger partial charge is 0.247 e. The molecule has 0 unspecified atom stereocenters. The van der Waals surface area contributed by atoms with E-state index in [1.807, 2.05) is 42.5 Å². The van der Waals surface area contributed by atoms with Crippen molar-refractivity contribution in [3.8, 4) is 11.5 Å². The van der Waals surface area contributed by atoms with Gasteiger partial charge >= 0.3 is 0 Å². The molecule has 0 radical (unpaired) electrons. The molecule has 1 aliphatic heterocycles. The molecule has 0 atom stereocenters. The van der Waals surface area contributed by atoms with Gasteiger partial charge in [-0.15, -0.1) is 10.2 Å². The molecular weight excluding hydrogens is 348 g/mol. The fraction of sp³-hybridized carbons (Fsp3) is 0.200. The topological polar surface area (TPSA) is 47.1 Å². The normalized spacial score (nSPS) is 14.7. The molecule has 3 heterocycles. The number of aromatic nitrogens is 3. The van der Waals surface area contributed by atoms with Crippen molar-refractivity contribution >= 4 is 22.5 Å². The Bertz CT molecular complexity index is 1070. The molecule has 1 aliphatic rings. The van der Waals surface area contributed by atoms with E-state index in [1.165, 1.54) is 16.6 Å². The van der Waals surface area contributed by atoms with Crippen LogP contribution in [0.3, 0.4) is 0 Å². The molecule has 4 aromatic rings. The molecule has 0 saturated heterocycles. The first kappa shape index (κ1) is 15.6. The molecule has 0 N–H and O–H groups in total. The van der Waals surface area contributed by atoms with Crippen LogP contribution in [0.25, 0.3) is 22.4 Å². The average molecular weight is 365 g/mol. The van der Waals surface area contributed by atoms with Crippen molar-refractivity contribution in [2.24, 2.45) is 0 Å². The van der Waals surface area contributed by atoms with Gasteiger partial charge in [-0.05, 0) is 30.3 Å². The summed E-state index contributed by atoms with van der Waals surface area (Å²) in [6, 6.07) is 18.2. The second kappa shape index (κ2) is 6.27. The second-order valence-electron chi connectivity index (χ2n) is 6.57. The average Bonchev–Trinajstić information content (AvgIpc) is 3.26. The van der Waals surface area contributed by atoms with Gasteiger partial charge in [0, 0.05) is 46.8 Å². The van der Waals surface area contributed by atoms with Crippen molar-refractivity contribution in [1.29, 1.82) is 0 Å². The zero-order chi connectivity index (χ0) is 17.5. The van der Waals surface area contributed by atoms with Gasteiger partial charge in [-0.2, -0.15) is 0 Å². The molecule has 26 heavy (non-hydrogen) atoms. The van der Waals surface area contributed by atoms with Crippen LogP contribution in [0.15, 0.2) is 59.0 Å². The van der Waals surface area contributed by atoms with Gasteiger partial charge < -0.3 is 8.98 Å². The maximum Gasteiger partial charge on any atom is 0.247 e. The molecule has 0 spiro atoms. The summed E-state index contributed by atoms with van der Waals surface area (Å²) in [5.41, 5.74) is 3.44. The van der Waals surface area contributed by atoms with Gasteiger partial charge in [-0.3, -0.25) is 4.90 Å². The number of benzene rings is 2. The highest BCUT2D eigenvalue weighted by Crippen LogP contribution is 2.27. The van der Waals surface area contributed by atoms with Crippen LogP contribution in [-0.2, 0) is 19.6 Å². The van der Waals surface area contributed by atoms with Crippen molar-refractivity contribution in [3.05, 3.63) is 71.2 Å². The van der Waals surface area contributed by atoms with E-state index >= 15 is 0 Å². The van der Waals surface area contributed by atoms with Crippen molar-refractivity contribution < 1.29 is 4.42 Å². The minimum Gasteiger partial charge on any atom is -0.419 e. The van der Waals surface area contributed by atoms with E-state index in [1.54, 1.807) is 0 Å². The third-order valence-corrected chi connectivity index (χ3v) is 5.06. The first-order valence-corrected chi connectivity index (χ1v) is 9.02.